The number of rotatable bonds is 4. The number of methoxy groups -OCH3 is 1. The van der Waals surface area contributed by atoms with E-state index in [4.69, 9.17) is 0 Å². The van der Waals surface area contributed by atoms with Gasteiger partial charge in [-0.15, -0.1) is 0 Å². The lowest BCUT2D eigenvalue weighted by Crippen LogP contribution is -2.54. The molecule has 108 valence electrons. The first-order valence-electron chi connectivity index (χ1n) is 6.16. The smallest absolute Gasteiger partial charge is 0.329 e. The molecule has 0 aromatic rings. The summed E-state index contributed by atoms with van der Waals surface area (Å²) in [5.74, 6) is -1.40. The monoisotopic (exact) mass is 272 g/mol. The summed E-state index contributed by atoms with van der Waals surface area (Å²) in [6.07, 6.45) is 1.20. The molecule has 19 heavy (non-hydrogen) atoms. The summed E-state index contributed by atoms with van der Waals surface area (Å²) in [5, 5.41) is 9.24. The Labute approximate surface area is 112 Å². The van der Waals surface area contributed by atoms with Crippen LogP contribution in [0.1, 0.15) is 26.2 Å². The Balaban J connectivity index is 2.66. The molecule has 0 aromatic carbocycles. The van der Waals surface area contributed by atoms with Gasteiger partial charge in [0.05, 0.1) is 13.5 Å². The minimum absolute atomic E-state index is 0.0936. The molecule has 1 fully saturated rings. The maximum atomic E-state index is 12.2. The van der Waals surface area contributed by atoms with Gasteiger partial charge in [-0.3, -0.25) is 4.79 Å². The topological polar surface area (TPSA) is 87.2 Å². The number of esters is 1. The highest BCUT2D eigenvalue weighted by atomic mass is 16.5. The summed E-state index contributed by atoms with van der Waals surface area (Å²) in [6, 6.07) is -0.369. The van der Waals surface area contributed by atoms with E-state index in [1.165, 1.54) is 16.9 Å². The zero-order valence-electron chi connectivity index (χ0n) is 11.5. The average molecular weight is 272 g/mol. The van der Waals surface area contributed by atoms with Gasteiger partial charge in [-0.25, -0.2) is 9.59 Å². The Morgan fingerprint density at radius 1 is 1.42 bits per heavy atom. The summed E-state index contributed by atoms with van der Waals surface area (Å²) in [7, 11) is 2.83. The lowest BCUT2D eigenvalue weighted by Gasteiger charge is -2.34. The third-order valence-electron chi connectivity index (χ3n) is 3.54. The summed E-state index contributed by atoms with van der Waals surface area (Å²) in [6.45, 7) is 2.18. The molecule has 2 amide bonds. The van der Waals surface area contributed by atoms with Crippen molar-refractivity contribution in [2.75, 3.05) is 27.2 Å². The second-order valence-electron chi connectivity index (χ2n) is 4.86. The fourth-order valence-electron chi connectivity index (χ4n) is 2.16. The van der Waals surface area contributed by atoms with Crippen LogP contribution in [-0.4, -0.2) is 65.7 Å². The number of hydrogen-bond donors (Lipinski definition) is 1. The highest BCUT2D eigenvalue weighted by Crippen LogP contribution is 2.30. The first kappa shape index (κ1) is 15.3. The van der Waals surface area contributed by atoms with Crippen molar-refractivity contribution in [1.82, 2.24) is 9.80 Å². The normalized spacial score (nSPS) is 22.2. The molecule has 1 unspecified atom stereocenters. The molecule has 1 aliphatic heterocycles. The van der Waals surface area contributed by atoms with E-state index in [0.717, 1.165) is 0 Å². The Morgan fingerprint density at radius 2 is 2.05 bits per heavy atom. The molecular weight excluding hydrogens is 252 g/mol. The maximum absolute atomic E-state index is 12.2. The van der Waals surface area contributed by atoms with E-state index in [2.05, 4.69) is 4.74 Å². The second-order valence-corrected chi connectivity index (χ2v) is 4.86. The van der Waals surface area contributed by atoms with E-state index >= 15 is 0 Å². The Kier molecular flexibility index (Phi) is 4.74. The molecule has 1 atom stereocenters. The van der Waals surface area contributed by atoms with Crippen molar-refractivity contribution in [2.24, 2.45) is 0 Å². The third-order valence-corrected chi connectivity index (χ3v) is 3.54. The Hall–Kier alpha value is -1.79. The fraction of sp³-hybridized carbons (Fsp3) is 0.750. The Morgan fingerprint density at radius 3 is 2.58 bits per heavy atom. The molecule has 0 saturated carbocycles. The van der Waals surface area contributed by atoms with Crippen LogP contribution in [0, 0.1) is 0 Å². The van der Waals surface area contributed by atoms with Gasteiger partial charge < -0.3 is 19.6 Å². The molecule has 1 heterocycles. The molecule has 1 saturated heterocycles. The van der Waals surface area contributed by atoms with Gasteiger partial charge in [-0.1, -0.05) is 0 Å². The average Bonchev–Trinajstić information content (AvgIpc) is 2.78. The van der Waals surface area contributed by atoms with Crippen molar-refractivity contribution in [3.63, 3.8) is 0 Å². The quantitative estimate of drug-likeness (QED) is 0.755. The van der Waals surface area contributed by atoms with Gasteiger partial charge in [-0.2, -0.15) is 0 Å². The number of aliphatic carboxylic acids is 1. The van der Waals surface area contributed by atoms with Crippen LogP contribution < -0.4 is 0 Å². The summed E-state index contributed by atoms with van der Waals surface area (Å²) < 4.78 is 4.50. The molecule has 7 heteroatoms. The zero-order valence-corrected chi connectivity index (χ0v) is 11.5. The molecule has 0 spiro atoms. The van der Waals surface area contributed by atoms with E-state index in [-0.39, 0.29) is 19.0 Å². The second kappa shape index (κ2) is 5.90. The van der Waals surface area contributed by atoms with Gasteiger partial charge in [0, 0.05) is 20.1 Å². The molecule has 1 rings (SSSR count). The van der Waals surface area contributed by atoms with E-state index < -0.39 is 17.5 Å². The predicted octanol–water partition coefficient (Wildman–Crippen LogP) is 0.540. The van der Waals surface area contributed by atoms with Crippen LogP contribution in [0.5, 0.6) is 0 Å². The largest absolute Gasteiger partial charge is 0.480 e. The van der Waals surface area contributed by atoms with Crippen molar-refractivity contribution < 1.29 is 24.2 Å². The number of urea groups is 1. The van der Waals surface area contributed by atoms with E-state index in [1.54, 1.807) is 14.0 Å². The number of hydrogen-bond acceptors (Lipinski definition) is 4. The third kappa shape index (κ3) is 3.15. The van der Waals surface area contributed by atoms with Crippen LogP contribution in [0.4, 0.5) is 4.79 Å². The molecular formula is C12H20N2O5. The summed E-state index contributed by atoms with van der Waals surface area (Å²) >= 11 is 0. The number of carboxylic acid groups (broad SMARTS) is 1. The molecule has 0 radical (unpaired) electrons. The van der Waals surface area contributed by atoms with Crippen LogP contribution in [0.15, 0.2) is 0 Å². The van der Waals surface area contributed by atoms with Crippen LogP contribution in [0.3, 0.4) is 0 Å². The van der Waals surface area contributed by atoms with Crippen LogP contribution >= 0.6 is 0 Å². The number of likely N-dealkylation sites (tertiary alicyclic amines) is 1. The van der Waals surface area contributed by atoms with E-state index in [1.807, 2.05) is 0 Å². The first-order valence-corrected chi connectivity index (χ1v) is 6.16. The lowest BCUT2D eigenvalue weighted by molar-refractivity contribution is -0.147. The first-order chi connectivity index (χ1) is 8.82. The minimum Gasteiger partial charge on any atom is -0.480 e. The Bertz CT molecular complexity index is 384. The van der Waals surface area contributed by atoms with Crippen molar-refractivity contribution in [2.45, 2.75) is 31.7 Å². The maximum Gasteiger partial charge on any atom is 0.329 e. The van der Waals surface area contributed by atoms with Gasteiger partial charge in [-0.05, 0) is 19.8 Å². The molecule has 0 aliphatic carbocycles. The van der Waals surface area contributed by atoms with E-state index in [9.17, 15) is 19.5 Å². The summed E-state index contributed by atoms with van der Waals surface area (Å²) in [4.78, 5) is 37.2. The van der Waals surface area contributed by atoms with Crippen LogP contribution in [-0.2, 0) is 14.3 Å². The van der Waals surface area contributed by atoms with Gasteiger partial charge in [0.1, 0.15) is 5.54 Å². The van der Waals surface area contributed by atoms with Crippen LogP contribution in [0.2, 0.25) is 0 Å². The predicted molar refractivity (Wildman–Crippen MR) is 66.6 cm³/mol. The van der Waals surface area contributed by atoms with Crippen molar-refractivity contribution in [1.29, 1.82) is 0 Å². The number of ether oxygens (including phenoxy) is 1. The fourth-order valence-corrected chi connectivity index (χ4v) is 2.16. The van der Waals surface area contributed by atoms with Gasteiger partial charge >= 0.3 is 18.0 Å². The molecule has 0 aromatic heterocycles. The van der Waals surface area contributed by atoms with Gasteiger partial charge in [0.2, 0.25) is 0 Å². The van der Waals surface area contributed by atoms with Crippen molar-refractivity contribution >= 4 is 18.0 Å². The number of carbonyl (C=O) groups excluding carboxylic acids is 2. The number of carbonyl (C=O) groups is 3. The molecule has 1 aliphatic rings. The van der Waals surface area contributed by atoms with Gasteiger partial charge in [0.25, 0.3) is 0 Å². The molecule has 7 nitrogen and oxygen atoms in total. The minimum atomic E-state index is -1.16. The van der Waals surface area contributed by atoms with E-state index in [0.29, 0.717) is 19.4 Å². The SMILES string of the molecule is COC(=O)CCN(C)C(=O)N1CCCC1(C)C(=O)O. The standard InChI is InChI=1S/C12H20N2O5/c1-12(10(16)17)6-4-7-14(12)11(18)13(2)8-5-9(15)19-3/h4-8H2,1-3H3,(H,16,17). The van der Waals surface area contributed by atoms with Crippen LogP contribution in [0.25, 0.3) is 0 Å². The molecule has 1 N–H and O–H groups in total. The zero-order chi connectivity index (χ0) is 14.6. The number of carboxylic acids is 1. The highest BCUT2D eigenvalue weighted by Gasteiger charge is 2.46. The van der Waals surface area contributed by atoms with Crippen molar-refractivity contribution in [3.8, 4) is 0 Å². The lowest BCUT2D eigenvalue weighted by atomic mass is 10.00. The van der Waals surface area contributed by atoms with Gasteiger partial charge in [0.15, 0.2) is 0 Å². The number of amides is 2. The molecule has 0 bridgehead atoms. The number of nitrogens with zero attached hydrogens (tertiary/aromatic N) is 2. The summed E-state index contributed by atoms with van der Waals surface area (Å²) in [5.41, 5.74) is -1.16. The highest BCUT2D eigenvalue weighted by molar-refractivity contribution is 5.86. The van der Waals surface area contributed by atoms with Crippen molar-refractivity contribution in [3.05, 3.63) is 0 Å².